The highest BCUT2D eigenvalue weighted by Crippen LogP contribution is 2.12. The zero-order valence-corrected chi connectivity index (χ0v) is 6.92. The van der Waals surface area contributed by atoms with Crippen LogP contribution < -0.4 is 0 Å². The summed E-state index contributed by atoms with van der Waals surface area (Å²) in [5.74, 6) is 0.598. The van der Waals surface area contributed by atoms with E-state index < -0.39 is 0 Å². The third kappa shape index (κ3) is 1.22. The number of nitrogens with one attached hydrogen (secondary N) is 1. The molecule has 3 heteroatoms. The number of hydrogen-bond donors (Lipinski definition) is 1. The quantitative estimate of drug-likeness (QED) is 0.507. The van der Waals surface area contributed by atoms with Gasteiger partial charge in [-0.2, -0.15) is 0 Å². The molecule has 12 heavy (non-hydrogen) atoms. The molecular formula is C9H12N2O. The SMILES string of the molecule is N=C(c1ccoc1)N1CCCC1. The minimum atomic E-state index is 0.598. The number of hydrogen-bond acceptors (Lipinski definition) is 2. The van der Waals surface area contributed by atoms with Gasteiger partial charge in [0.25, 0.3) is 0 Å². The molecule has 0 bridgehead atoms. The Bertz CT molecular complexity index is 260. The summed E-state index contributed by atoms with van der Waals surface area (Å²) < 4.78 is 4.93. The molecule has 0 amide bonds. The van der Waals surface area contributed by atoms with Crippen LogP contribution in [0.5, 0.6) is 0 Å². The number of nitrogens with zero attached hydrogens (tertiary/aromatic N) is 1. The molecule has 0 spiro atoms. The Morgan fingerprint density at radius 3 is 2.75 bits per heavy atom. The molecule has 0 radical (unpaired) electrons. The first kappa shape index (κ1) is 7.40. The van der Waals surface area contributed by atoms with Gasteiger partial charge in [0, 0.05) is 13.1 Å². The highest BCUT2D eigenvalue weighted by atomic mass is 16.3. The smallest absolute Gasteiger partial charge is 0.131 e. The van der Waals surface area contributed by atoms with Crippen molar-refractivity contribution in [3.05, 3.63) is 24.2 Å². The second-order valence-corrected chi connectivity index (χ2v) is 3.05. The van der Waals surface area contributed by atoms with Crippen LogP contribution in [0.15, 0.2) is 23.0 Å². The van der Waals surface area contributed by atoms with E-state index in [0.29, 0.717) is 5.84 Å². The molecule has 1 aliphatic heterocycles. The Morgan fingerprint density at radius 2 is 2.17 bits per heavy atom. The molecule has 3 nitrogen and oxygen atoms in total. The van der Waals surface area contributed by atoms with E-state index in [1.165, 1.54) is 12.8 Å². The van der Waals surface area contributed by atoms with E-state index in [0.717, 1.165) is 18.7 Å². The summed E-state index contributed by atoms with van der Waals surface area (Å²) >= 11 is 0. The standard InChI is InChI=1S/C9H12N2O/c10-9(8-3-6-12-7-8)11-4-1-2-5-11/h3,6-7,10H,1-2,4-5H2. The lowest BCUT2D eigenvalue weighted by Gasteiger charge is -2.16. The first-order chi connectivity index (χ1) is 5.88. The molecule has 0 unspecified atom stereocenters. The van der Waals surface area contributed by atoms with Crippen molar-refractivity contribution in [3.63, 3.8) is 0 Å². The fourth-order valence-corrected chi connectivity index (χ4v) is 1.52. The zero-order chi connectivity index (χ0) is 8.39. The van der Waals surface area contributed by atoms with Crippen molar-refractivity contribution in [1.82, 2.24) is 4.90 Å². The van der Waals surface area contributed by atoms with E-state index in [9.17, 15) is 0 Å². The summed E-state index contributed by atoms with van der Waals surface area (Å²) in [6.45, 7) is 2.04. The summed E-state index contributed by atoms with van der Waals surface area (Å²) in [6.07, 6.45) is 5.65. The van der Waals surface area contributed by atoms with Gasteiger partial charge in [0.15, 0.2) is 0 Å². The molecule has 1 aromatic rings. The topological polar surface area (TPSA) is 40.2 Å². The predicted molar refractivity (Wildman–Crippen MR) is 46.3 cm³/mol. The Labute approximate surface area is 71.5 Å². The lowest BCUT2D eigenvalue weighted by atomic mass is 10.3. The van der Waals surface area contributed by atoms with Gasteiger partial charge in [-0.25, -0.2) is 0 Å². The van der Waals surface area contributed by atoms with E-state index in [1.807, 2.05) is 6.07 Å². The van der Waals surface area contributed by atoms with Gasteiger partial charge in [0.2, 0.25) is 0 Å². The van der Waals surface area contributed by atoms with Crippen LogP contribution in [0.25, 0.3) is 0 Å². The Balaban J connectivity index is 2.09. The van der Waals surface area contributed by atoms with Gasteiger partial charge in [-0.1, -0.05) is 0 Å². The average molecular weight is 164 g/mol. The minimum absolute atomic E-state index is 0.598. The van der Waals surface area contributed by atoms with Crippen molar-refractivity contribution >= 4 is 5.84 Å². The zero-order valence-electron chi connectivity index (χ0n) is 6.92. The third-order valence-electron chi connectivity index (χ3n) is 2.22. The largest absolute Gasteiger partial charge is 0.472 e. The summed E-state index contributed by atoms with van der Waals surface area (Å²) in [5, 5.41) is 7.81. The van der Waals surface area contributed by atoms with E-state index in [2.05, 4.69) is 4.90 Å². The van der Waals surface area contributed by atoms with Crippen LogP contribution >= 0.6 is 0 Å². The van der Waals surface area contributed by atoms with Crippen molar-refractivity contribution in [2.45, 2.75) is 12.8 Å². The van der Waals surface area contributed by atoms with Crippen molar-refractivity contribution in [2.75, 3.05) is 13.1 Å². The van der Waals surface area contributed by atoms with Gasteiger partial charge in [-0.3, -0.25) is 5.41 Å². The normalized spacial score (nSPS) is 16.8. The molecule has 1 saturated heterocycles. The average Bonchev–Trinajstić information content (AvgIpc) is 2.77. The van der Waals surface area contributed by atoms with E-state index in [-0.39, 0.29) is 0 Å². The minimum Gasteiger partial charge on any atom is -0.472 e. The highest BCUT2D eigenvalue weighted by molar-refractivity contribution is 5.96. The number of furan rings is 1. The number of rotatable bonds is 1. The molecular weight excluding hydrogens is 152 g/mol. The molecule has 0 aliphatic carbocycles. The van der Waals surface area contributed by atoms with Crippen molar-refractivity contribution in [1.29, 1.82) is 5.41 Å². The molecule has 1 fully saturated rings. The van der Waals surface area contributed by atoms with Crippen LogP contribution in [-0.4, -0.2) is 23.8 Å². The second-order valence-electron chi connectivity index (χ2n) is 3.05. The first-order valence-electron chi connectivity index (χ1n) is 4.24. The fraction of sp³-hybridized carbons (Fsp3) is 0.444. The Kier molecular flexibility index (Phi) is 1.86. The van der Waals surface area contributed by atoms with Crippen LogP contribution in [0, 0.1) is 5.41 Å². The maximum Gasteiger partial charge on any atom is 0.131 e. The Morgan fingerprint density at radius 1 is 1.42 bits per heavy atom. The summed E-state index contributed by atoms with van der Waals surface area (Å²) in [7, 11) is 0. The van der Waals surface area contributed by atoms with Crippen molar-refractivity contribution < 1.29 is 4.42 Å². The summed E-state index contributed by atoms with van der Waals surface area (Å²) in [5.41, 5.74) is 0.886. The second kappa shape index (κ2) is 3.01. The number of amidine groups is 1. The third-order valence-corrected chi connectivity index (χ3v) is 2.22. The van der Waals surface area contributed by atoms with Gasteiger partial charge in [0.05, 0.1) is 11.8 Å². The molecule has 0 aromatic carbocycles. The molecule has 64 valence electrons. The Hall–Kier alpha value is -1.25. The molecule has 1 N–H and O–H groups in total. The van der Waals surface area contributed by atoms with Gasteiger partial charge in [-0.15, -0.1) is 0 Å². The van der Waals surface area contributed by atoms with Crippen LogP contribution in [0.3, 0.4) is 0 Å². The highest BCUT2D eigenvalue weighted by Gasteiger charge is 2.16. The van der Waals surface area contributed by atoms with Gasteiger partial charge in [0.1, 0.15) is 12.1 Å². The molecule has 1 aliphatic rings. The maximum absolute atomic E-state index is 7.81. The van der Waals surface area contributed by atoms with E-state index in [4.69, 9.17) is 9.83 Å². The monoisotopic (exact) mass is 164 g/mol. The number of likely N-dealkylation sites (tertiary alicyclic amines) is 1. The van der Waals surface area contributed by atoms with Gasteiger partial charge < -0.3 is 9.32 Å². The summed E-state index contributed by atoms with van der Waals surface area (Å²) in [6, 6.07) is 1.83. The van der Waals surface area contributed by atoms with E-state index in [1.54, 1.807) is 12.5 Å². The van der Waals surface area contributed by atoms with Crippen LogP contribution in [-0.2, 0) is 0 Å². The molecule has 1 aromatic heterocycles. The fourth-order valence-electron chi connectivity index (χ4n) is 1.52. The summed E-state index contributed by atoms with van der Waals surface area (Å²) in [4.78, 5) is 2.09. The van der Waals surface area contributed by atoms with Crippen LogP contribution in [0.4, 0.5) is 0 Å². The van der Waals surface area contributed by atoms with Crippen LogP contribution in [0.2, 0.25) is 0 Å². The molecule has 0 atom stereocenters. The van der Waals surface area contributed by atoms with Gasteiger partial charge >= 0.3 is 0 Å². The molecule has 0 saturated carbocycles. The van der Waals surface area contributed by atoms with Crippen molar-refractivity contribution in [2.24, 2.45) is 0 Å². The molecule has 2 heterocycles. The first-order valence-corrected chi connectivity index (χ1v) is 4.24. The maximum atomic E-state index is 7.81. The lowest BCUT2D eigenvalue weighted by molar-refractivity contribution is 0.514. The van der Waals surface area contributed by atoms with Crippen LogP contribution in [0.1, 0.15) is 18.4 Å². The predicted octanol–water partition coefficient (Wildman–Crippen LogP) is 1.70. The van der Waals surface area contributed by atoms with E-state index >= 15 is 0 Å². The lowest BCUT2D eigenvalue weighted by Crippen LogP contribution is -2.27. The van der Waals surface area contributed by atoms with Crippen molar-refractivity contribution in [3.8, 4) is 0 Å². The van der Waals surface area contributed by atoms with Gasteiger partial charge in [-0.05, 0) is 18.9 Å². The molecule has 2 rings (SSSR count).